The van der Waals surface area contributed by atoms with Crippen molar-refractivity contribution in [3.8, 4) is 0 Å². The summed E-state index contributed by atoms with van der Waals surface area (Å²) in [6, 6.07) is 0. The maximum atomic E-state index is 10.3. The number of hydrogen-bond donors (Lipinski definition) is 1. The molecule has 0 radical (unpaired) electrons. The Hall–Kier alpha value is -1.32. The molecule has 0 aliphatic heterocycles. The second kappa shape index (κ2) is 6.22. The maximum Gasteiger partial charge on any atom is 0.303 e. The highest BCUT2D eigenvalue weighted by Gasteiger charge is 2.00. The van der Waals surface area contributed by atoms with Gasteiger partial charge in [-0.3, -0.25) is 4.79 Å². The van der Waals surface area contributed by atoms with E-state index in [-0.39, 0.29) is 6.42 Å². The first-order valence-electron chi connectivity index (χ1n) is 5.46. The van der Waals surface area contributed by atoms with Gasteiger partial charge in [0.15, 0.2) is 0 Å². The van der Waals surface area contributed by atoms with E-state index in [2.05, 4.69) is 16.5 Å². The Kier molecular flexibility index (Phi) is 4.87. The van der Waals surface area contributed by atoms with Gasteiger partial charge in [-0.2, -0.15) is 0 Å². The van der Waals surface area contributed by atoms with Gasteiger partial charge in [0.1, 0.15) is 5.82 Å². The molecule has 0 aromatic carbocycles. The SMILES string of the molecule is CCc1nccn1CCCCCC(=O)O. The number of aryl methyl sites for hydroxylation is 2. The minimum Gasteiger partial charge on any atom is -0.481 e. The van der Waals surface area contributed by atoms with Crippen LogP contribution < -0.4 is 0 Å². The van der Waals surface area contributed by atoms with Crippen LogP contribution in [0.15, 0.2) is 12.4 Å². The zero-order chi connectivity index (χ0) is 11.1. The Balaban J connectivity index is 2.17. The number of hydrogen-bond acceptors (Lipinski definition) is 2. The second-order valence-electron chi connectivity index (χ2n) is 3.59. The first kappa shape index (κ1) is 11.8. The van der Waals surface area contributed by atoms with Gasteiger partial charge in [0, 0.05) is 31.8 Å². The van der Waals surface area contributed by atoms with Crippen LogP contribution in [-0.2, 0) is 17.8 Å². The van der Waals surface area contributed by atoms with E-state index in [4.69, 9.17) is 5.11 Å². The molecular formula is C11H18N2O2. The molecule has 0 unspecified atom stereocenters. The number of rotatable bonds is 7. The summed E-state index contributed by atoms with van der Waals surface area (Å²) in [5, 5.41) is 8.46. The molecule has 0 atom stereocenters. The van der Waals surface area contributed by atoms with Crippen molar-refractivity contribution in [3.05, 3.63) is 18.2 Å². The van der Waals surface area contributed by atoms with Crippen molar-refractivity contribution < 1.29 is 9.90 Å². The van der Waals surface area contributed by atoms with Gasteiger partial charge in [0.2, 0.25) is 0 Å². The molecule has 0 aliphatic rings. The highest BCUT2D eigenvalue weighted by Crippen LogP contribution is 2.05. The molecule has 84 valence electrons. The van der Waals surface area contributed by atoms with Crippen LogP contribution >= 0.6 is 0 Å². The predicted molar refractivity (Wildman–Crippen MR) is 57.7 cm³/mol. The van der Waals surface area contributed by atoms with Gasteiger partial charge >= 0.3 is 5.97 Å². The number of aromatic nitrogens is 2. The number of aliphatic carboxylic acids is 1. The lowest BCUT2D eigenvalue weighted by Crippen LogP contribution is -2.02. The van der Waals surface area contributed by atoms with Crippen molar-refractivity contribution in [2.24, 2.45) is 0 Å². The molecule has 0 amide bonds. The molecule has 1 aromatic heterocycles. The van der Waals surface area contributed by atoms with E-state index in [1.54, 1.807) is 0 Å². The van der Waals surface area contributed by atoms with E-state index in [1.165, 1.54) is 0 Å². The van der Waals surface area contributed by atoms with E-state index in [0.717, 1.165) is 38.1 Å². The molecule has 1 N–H and O–H groups in total. The smallest absolute Gasteiger partial charge is 0.303 e. The quantitative estimate of drug-likeness (QED) is 0.701. The fourth-order valence-electron chi connectivity index (χ4n) is 1.59. The van der Waals surface area contributed by atoms with E-state index in [9.17, 15) is 4.79 Å². The molecule has 4 nitrogen and oxygen atoms in total. The van der Waals surface area contributed by atoms with Crippen molar-refractivity contribution >= 4 is 5.97 Å². The summed E-state index contributed by atoms with van der Waals surface area (Å²) >= 11 is 0. The molecule has 0 saturated carbocycles. The number of carboxylic acids is 1. The first-order chi connectivity index (χ1) is 7.24. The molecule has 0 saturated heterocycles. The van der Waals surface area contributed by atoms with Gasteiger partial charge in [-0.25, -0.2) is 4.98 Å². The summed E-state index contributed by atoms with van der Waals surface area (Å²) in [6.07, 6.45) is 7.79. The lowest BCUT2D eigenvalue weighted by Gasteiger charge is -2.05. The molecule has 0 aliphatic carbocycles. The minimum atomic E-state index is -0.702. The molecule has 4 heteroatoms. The maximum absolute atomic E-state index is 10.3. The van der Waals surface area contributed by atoms with Crippen molar-refractivity contribution in [3.63, 3.8) is 0 Å². The molecule has 0 fully saturated rings. The molecule has 1 rings (SSSR count). The molecule has 15 heavy (non-hydrogen) atoms. The van der Waals surface area contributed by atoms with Crippen LogP contribution in [0.25, 0.3) is 0 Å². The van der Waals surface area contributed by atoms with Gasteiger partial charge < -0.3 is 9.67 Å². The third-order valence-electron chi connectivity index (χ3n) is 2.41. The molecule has 0 spiro atoms. The van der Waals surface area contributed by atoms with Crippen LogP contribution in [0.5, 0.6) is 0 Å². The summed E-state index contributed by atoms with van der Waals surface area (Å²) in [5.41, 5.74) is 0. The number of imidazole rings is 1. The average Bonchev–Trinajstić information content (AvgIpc) is 2.64. The van der Waals surface area contributed by atoms with E-state index < -0.39 is 5.97 Å². The third-order valence-corrected chi connectivity index (χ3v) is 2.41. The summed E-state index contributed by atoms with van der Waals surface area (Å²) in [6.45, 7) is 3.03. The normalized spacial score (nSPS) is 10.5. The van der Waals surface area contributed by atoms with Crippen LogP contribution in [0.4, 0.5) is 0 Å². The van der Waals surface area contributed by atoms with E-state index >= 15 is 0 Å². The van der Waals surface area contributed by atoms with Crippen LogP contribution in [0, 0.1) is 0 Å². The number of nitrogens with zero attached hydrogens (tertiary/aromatic N) is 2. The third kappa shape index (κ3) is 4.14. The van der Waals surface area contributed by atoms with Crippen LogP contribution in [0.1, 0.15) is 38.4 Å². The fourth-order valence-corrected chi connectivity index (χ4v) is 1.59. The summed E-state index contributed by atoms with van der Waals surface area (Å²) in [4.78, 5) is 14.5. The first-order valence-corrected chi connectivity index (χ1v) is 5.46. The summed E-state index contributed by atoms with van der Waals surface area (Å²) in [5.74, 6) is 0.403. The average molecular weight is 210 g/mol. The molecule has 1 aromatic rings. The number of unbranched alkanes of at least 4 members (excludes halogenated alkanes) is 2. The second-order valence-corrected chi connectivity index (χ2v) is 3.59. The van der Waals surface area contributed by atoms with Crippen LogP contribution in [0.2, 0.25) is 0 Å². The Labute approximate surface area is 89.9 Å². The van der Waals surface area contributed by atoms with Crippen molar-refractivity contribution in [2.45, 2.75) is 45.6 Å². The van der Waals surface area contributed by atoms with Crippen LogP contribution in [0.3, 0.4) is 0 Å². The minimum absolute atomic E-state index is 0.282. The fraction of sp³-hybridized carbons (Fsp3) is 0.636. The van der Waals surface area contributed by atoms with Crippen molar-refractivity contribution in [2.75, 3.05) is 0 Å². The molecule has 1 heterocycles. The van der Waals surface area contributed by atoms with Gasteiger partial charge in [0.05, 0.1) is 0 Å². The van der Waals surface area contributed by atoms with Gasteiger partial charge in [0.25, 0.3) is 0 Å². The topological polar surface area (TPSA) is 55.1 Å². The lowest BCUT2D eigenvalue weighted by atomic mass is 10.2. The molecule has 0 bridgehead atoms. The standard InChI is InChI=1S/C11H18N2O2/c1-2-10-12-7-9-13(10)8-5-3-4-6-11(14)15/h7,9H,2-6,8H2,1H3,(H,14,15). The Bertz CT molecular complexity index is 307. The Morgan fingerprint density at radius 1 is 1.47 bits per heavy atom. The van der Waals surface area contributed by atoms with E-state index in [0.29, 0.717) is 0 Å². The molecular weight excluding hydrogens is 192 g/mol. The monoisotopic (exact) mass is 210 g/mol. The zero-order valence-corrected chi connectivity index (χ0v) is 9.15. The van der Waals surface area contributed by atoms with Gasteiger partial charge in [-0.05, 0) is 12.8 Å². The lowest BCUT2D eigenvalue weighted by molar-refractivity contribution is -0.137. The van der Waals surface area contributed by atoms with Gasteiger partial charge in [-0.15, -0.1) is 0 Å². The number of carbonyl (C=O) groups is 1. The summed E-state index contributed by atoms with van der Waals surface area (Å²) in [7, 11) is 0. The Morgan fingerprint density at radius 3 is 2.93 bits per heavy atom. The Morgan fingerprint density at radius 2 is 2.27 bits per heavy atom. The highest BCUT2D eigenvalue weighted by molar-refractivity contribution is 5.66. The van der Waals surface area contributed by atoms with Crippen LogP contribution in [-0.4, -0.2) is 20.6 Å². The highest BCUT2D eigenvalue weighted by atomic mass is 16.4. The predicted octanol–water partition coefficient (Wildman–Crippen LogP) is 2.09. The largest absolute Gasteiger partial charge is 0.481 e. The van der Waals surface area contributed by atoms with Crippen molar-refractivity contribution in [1.82, 2.24) is 9.55 Å². The van der Waals surface area contributed by atoms with Crippen molar-refractivity contribution in [1.29, 1.82) is 0 Å². The summed E-state index contributed by atoms with van der Waals surface area (Å²) < 4.78 is 2.14. The van der Waals surface area contributed by atoms with E-state index in [1.807, 2.05) is 12.4 Å². The zero-order valence-electron chi connectivity index (χ0n) is 9.15. The van der Waals surface area contributed by atoms with Gasteiger partial charge in [-0.1, -0.05) is 13.3 Å². The number of carboxylic acid groups (broad SMARTS) is 1.